The second kappa shape index (κ2) is 3.69. The van der Waals surface area contributed by atoms with Gasteiger partial charge < -0.3 is 5.32 Å². The second-order valence-corrected chi connectivity index (χ2v) is 4.34. The second-order valence-electron chi connectivity index (χ2n) is 3.48. The molecule has 0 aromatic carbocycles. The number of fused-ring (bicyclic) bond motifs is 1. The molecule has 1 N–H and O–H groups in total. The van der Waals surface area contributed by atoms with Crippen molar-refractivity contribution in [3.63, 3.8) is 0 Å². The molecule has 1 heterocycles. The predicted octanol–water partition coefficient (Wildman–Crippen LogP) is 1.97. The van der Waals surface area contributed by atoms with Gasteiger partial charge in [0.05, 0.1) is 6.04 Å². The summed E-state index contributed by atoms with van der Waals surface area (Å²) in [5.41, 5.74) is 2.42. The minimum atomic E-state index is 0.0165. The van der Waals surface area contributed by atoms with Crippen LogP contribution in [0.2, 0.25) is 0 Å². The Balaban J connectivity index is 2.30. The molecule has 2 rings (SSSR count). The van der Waals surface area contributed by atoms with Crippen LogP contribution in [0.15, 0.2) is 16.9 Å². The maximum Gasteiger partial charge on any atom is 0.217 e. The lowest BCUT2D eigenvalue weighted by atomic mass is 10.1. The van der Waals surface area contributed by atoms with Crippen molar-refractivity contribution in [2.75, 3.05) is 0 Å². The van der Waals surface area contributed by atoms with Gasteiger partial charge in [-0.15, -0.1) is 0 Å². The first-order valence-corrected chi connectivity index (χ1v) is 5.37. The van der Waals surface area contributed by atoms with E-state index in [1.807, 2.05) is 6.20 Å². The quantitative estimate of drug-likeness (QED) is 0.833. The van der Waals surface area contributed by atoms with E-state index in [4.69, 9.17) is 0 Å². The lowest BCUT2D eigenvalue weighted by molar-refractivity contribution is -0.119. The largest absolute Gasteiger partial charge is 0.349 e. The van der Waals surface area contributed by atoms with Crippen LogP contribution in [0.5, 0.6) is 0 Å². The van der Waals surface area contributed by atoms with Crippen LogP contribution in [0.25, 0.3) is 0 Å². The first-order valence-electron chi connectivity index (χ1n) is 4.58. The molecule has 1 amide bonds. The van der Waals surface area contributed by atoms with Gasteiger partial charge in [0.15, 0.2) is 0 Å². The Hall–Kier alpha value is -0.900. The Labute approximate surface area is 91.0 Å². The number of hydrogen-bond donors (Lipinski definition) is 1. The van der Waals surface area contributed by atoms with Crippen LogP contribution in [0.1, 0.15) is 30.5 Å². The van der Waals surface area contributed by atoms with Crippen LogP contribution in [-0.2, 0) is 11.2 Å². The Morgan fingerprint density at radius 3 is 3.14 bits per heavy atom. The average molecular weight is 255 g/mol. The summed E-state index contributed by atoms with van der Waals surface area (Å²) in [4.78, 5) is 15.1. The van der Waals surface area contributed by atoms with Crippen molar-refractivity contribution in [1.29, 1.82) is 0 Å². The highest BCUT2D eigenvalue weighted by Crippen LogP contribution is 2.34. The average Bonchev–Trinajstić information content (AvgIpc) is 2.49. The third kappa shape index (κ3) is 1.66. The molecule has 3 nitrogen and oxygen atoms in total. The fourth-order valence-corrected chi connectivity index (χ4v) is 2.43. The van der Waals surface area contributed by atoms with Crippen LogP contribution in [0, 0.1) is 0 Å². The molecule has 0 spiro atoms. The van der Waals surface area contributed by atoms with E-state index in [9.17, 15) is 4.79 Å². The lowest BCUT2D eigenvalue weighted by Gasteiger charge is -2.11. The number of nitrogens with one attached hydrogen (secondary N) is 1. The van der Waals surface area contributed by atoms with Crippen molar-refractivity contribution >= 4 is 21.8 Å². The third-order valence-corrected chi connectivity index (χ3v) is 3.16. The number of carbonyl (C=O) groups is 1. The van der Waals surface area contributed by atoms with Crippen LogP contribution in [0.3, 0.4) is 0 Å². The Morgan fingerprint density at radius 1 is 1.64 bits per heavy atom. The van der Waals surface area contributed by atoms with E-state index in [-0.39, 0.29) is 11.9 Å². The highest BCUT2D eigenvalue weighted by Gasteiger charge is 2.24. The first kappa shape index (κ1) is 9.65. The molecule has 1 atom stereocenters. The van der Waals surface area contributed by atoms with Crippen LogP contribution in [-0.4, -0.2) is 10.9 Å². The van der Waals surface area contributed by atoms with Gasteiger partial charge in [-0.25, -0.2) is 0 Å². The van der Waals surface area contributed by atoms with Crippen molar-refractivity contribution in [2.45, 2.75) is 25.8 Å². The van der Waals surface area contributed by atoms with Crippen LogP contribution < -0.4 is 5.32 Å². The van der Waals surface area contributed by atoms with E-state index >= 15 is 0 Å². The standard InChI is InChI=1S/C10H11BrN2O/c1-6(14)13-10-3-2-7-8(10)4-12-5-9(7)11/h4-5,10H,2-3H2,1H3,(H,13,14). The zero-order valence-electron chi connectivity index (χ0n) is 7.88. The first-order chi connectivity index (χ1) is 6.68. The number of hydrogen-bond acceptors (Lipinski definition) is 2. The van der Waals surface area contributed by atoms with E-state index in [2.05, 4.69) is 26.2 Å². The van der Waals surface area contributed by atoms with Gasteiger partial charge in [-0.1, -0.05) is 0 Å². The van der Waals surface area contributed by atoms with E-state index in [1.165, 1.54) is 5.56 Å². The van der Waals surface area contributed by atoms with Crippen molar-refractivity contribution in [1.82, 2.24) is 10.3 Å². The molecule has 0 saturated carbocycles. The third-order valence-electron chi connectivity index (χ3n) is 2.47. The molecule has 0 radical (unpaired) electrons. The minimum absolute atomic E-state index is 0.0165. The summed E-state index contributed by atoms with van der Waals surface area (Å²) < 4.78 is 1.04. The van der Waals surface area contributed by atoms with Crippen molar-refractivity contribution in [2.24, 2.45) is 0 Å². The number of carbonyl (C=O) groups excluding carboxylic acids is 1. The molecule has 74 valence electrons. The van der Waals surface area contributed by atoms with Gasteiger partial charge in [-0.05, 0) is 39.9 Å². The summed E-state index contributed by atoms with van der Waals surface area (Å²) in [6.07, 6.45) is 5.62. The summed E-state index contributed by atoms with van der Waals surface area (Å²) in [7, 11) is 0. The van der Waals surface area contributed by atoms with Gasteiger partial charge in [-0.2, -0.15) is 0 Å². The fourth-order valence-electron chi connectivity index (χ4n) is 1.88. The van der Waals surface area contributed by atoms with Crippen LogP contribution >= 0.6 is 15.9 Å². The van der Waals surface area contributed by atoms with E-state index in [1.54, 1.807) is 13.1 Å². The van der Waals surface area contributed by atoms with E-state index in [0.717, 1.165) is 22.9 Å². The number of aromatic nitrogens is 1. The molecule has 0 bridgehead atoms. The SMILES string of the molecule is CC(=O)NC1CCc2c(Br)cncc21. The van der Waals surface area contributed by atoms with Gasteiger partial charge in [-0.3, -0.25) is 9.78 Å². The molecule has 1 aliphatic carbocycles. The maximum absolute atomic E-state index is 11.0. The molecular formula is C10H11BrN2O. The van der Waals surface area contributed by atoms with Gasteiger partial charge in [0.2, 0.25) is 5.91 Å². The maximum atomic E-state index is 11.0. The molecule has 0 saturated heterocycles. The Bertz CT molecular complexity index is 378. The summed E-state index contributed by atoms with van der Waals surface area (Å²) in [5.74, 6) is 0.0165. The fraction of sp³-hybridized carbons (Fsp3) is 0.400. The zero-order chi connectivity index (χ0) is 10.1. The van der Waals surface area contributed by atoms with Crippen LogP contribution in [0.4, 0.5) is 0 Å². The van der Waals surface area contributed by atoms with Gasteiger partial charge in [0.25, 0.3) is 0 Å². The van der Waals surface area contributed by atoms with Crippen molar-refractivity contribution in [3.8, 4) is 0 Å². The van der Waals surface area contributed by atoms with Gasteiger partial charge in [0, 0.05) is 23.8 Å². The molecule has 1 aromatic heterocycles. The number of pyridine rings is 1. The molecular weight excluding hydrogens is 244 g/mol. The van der Waals surface area contributed by atoms with E-state index in [0.29, 0.717) is 0 Å². The zero-order valence-corrected chi connectivity index (χ0v) is 9.47. The normalized spacial score (nSPS) is 19.1. The molecule has 1 aliphatic rings. The monoisotopic (exact) mass is 254 g/mol. The van der Waals surface area contributed by atoms with Gasteiger partial charge >= 0.3 is 0 Å². The summed E-state index contributed by atoms with van der Waals surface area (Å²) in [5, 5.41) is 2.93. The number of halogens is 1. The van der Waals surface area contributed by atoms with Gasteiger partial charge in [0.1, 0.15) is 0 Å². The number of amides is 1. The molecule has 0 aliphatic heterocycles. The number of nitrogens with zero attached hydrogens (tertiary/aromatic N) is 1. The minimum Gasteiger partial charge on any atom is -0.349 e. The summed E-state index contributed by atoms with van der Waals surface area (Å²) in [6.45, 7) is 1.55. The highest BCUT2D eigenvalue weighted by atomic mass is 79.9. The van der Waals surface area contributed by atoms with E-state index < -0.39 is 0 Å². The predicted molar refractivity (Wildman–Crippen MR) is 56.8 cm³/mol. The summed E-state index contributed by atoms with van der Waals surface area (Å²) >= 11 is 3.47. The molecule has 14 heavy (non-hydrogen) atoms. The smallest absolute Gasteiger partial charge is 0.217 e. The number of rotatable bonds is 1. The van der Waals surface area contributed by atoms with Crippen molar-refractivity contribution < 1.29 is 4.79 Å². The Morgan fingerprint density at radius 2 is 2.43 bits per heavy atom. The molecule has 1 unspecified atom stereocenters. The molecule has 4 heteroatoms. The lowest BCUT2D eigenvalue weighted by Crippen LogP contribution is -2.24. The Kier molecular flexibility index (Phi) is 2.54. The topological polar surface area (TPSA) is 42.0 Å². The highest BCUT2D eigenvalue weighted by molar-refractivity contribution is 9.10. The summed E-state index contributed by atoms with van der Waals surface area (Å²) in [6, 6.07) is 0.146. The van der Waals surface area contributed by atoms with Crippen molar-refractivity contribution in [3.05, 3.63) is 28.0 Å². The molecule has 1 aromatic rings. The molecule has 0 fully saturated rings.